The van der Waals surface area contributed by atoms with Crippen molar-refractivity contribution in [2.45, 2.75) is 18.6 Å². The molecule has 1 aromatic carbocycles. The third-order valence-electron chi connectivity index (χ3n) is 4.67. The van der Waals surface area contributed by atoms with Gasteiger partial charge >= 0.3 is 0 Å². The van der Waals surface area contributed by atoms with Crippen molar-refractivity contribution in [2.24, 2.45) is 0 Å². The zero-order valence-corrected chi connectivity index (χ0v) is 14.9. The molecule has 4 rings (SSSR count). The second-order valence-corrected chi connectivity index (χ2v) is 6.71. The predicted molar refractivity (Wildman–Crippen MR) is 97.5 cm³/mol. The van der Waals surface area contributed by atoms with Crippen molar-refractivity contribution in [1.29, 1.82) is 0 Å². The summed E-state index contributed by atoms with van der Waals surface area (Å²) in [6.07, 6.45) is 1.59. The summed E-state index contributed by atoms with van der Waals surface area (Å²) in [5.41, 5.74) is 0.785. The maximum absolute atomic E-state index is 12.3. The zero-order valence-electron chi connectivity index (χ0n) is 14.2. The summed E-state index contributed by atoms with van der Waals surface area (Å²) in [6, 6.07) is 10.5. The predicted octanol–water partition coefficient (Wildman–Crippen LogP) is 2.73. The Kier molecular flexibility index (Phi) is 4.76. The minimum Gasteiger partial charge on any atom is -0.355 e. The van der Waals surface area contributed by atoms with Gasteiger partial charge in [0.2, 0.25) is 0 Å². The summed E-state index contributed by atoms with van der Waals surface area (Å²) in [4.78, 5) is 14.4. The molecule has 2 aromatic rings. The minimum absolute atomic E-state index is 0.240. The highest BCUT2D eigenvalue weighted by Gasteiger charge is 2.40. The van der Waals surface area contributed by atoms with Gasteiger partial charge in [-0.3, -0.25) is 4.79 Å². The third kappa shape index (κ3) is 3.51. The van der Waals surface area contributed by atoms with Crippen LogP contribution in [0.4, 0.5) is 11.5 Å². The van der Waals surface area contributed by atoms with E-state index < -0.39 is 5.79 Å². The normalized spacial score (nSPS) is 18.9. The summed E-state index contributed by atoms with van der Waals surface area (Å²) in [5.74, 6) is -0.0201. The first-order chi connectivity index (χ1) is 12.7. The van der Waals surface area contributed by atoms with E-state index >= 15 is 0 Å². The molecule has 0 aliphatic carbocycles. The molecule has 0 bridgehead atoms. The van der Waals surface area contributed by atoms with Crippen molar-refractivity contribution in [3.8, 4) is 0 Å². The SMILES string of the molecule is O=C(Nc1ccccc1Cl)c1ccc(N2CCC3(CC2)OCCO3)nn1. The van der Waals surface area contributed by atoms with Crippen molar-refractivity contribution < 1.29 is 14.3 Å². The number of nitrogens with one attached hydrogen (secondary N) is 1. The number of hydrogen-bond donors (Lipinski definition) is 1. The quantitative estimate of drug-likeness (QED) is 0.890. The lowest BCUT2D eigenvalue weighted by Crippen LogP contribution is -2.45. The van der Waals surface area contributed by atoms with E-state index in [2.05, 4.69) is 20.4 Å². The lowest BCUT2D eigenvalue weighted by Gasteiger charge is -2.37. The van der Waals surface area contributed by atoms with Crippen LogP contribution in [-0.2, 0) is 9.47 Å². The van der Waals surface area contributed by atoms with E-state index in [4.69, 9.17) is 21.1 Å². The molecular formula is C18H19ClN4O3. The van der Waals surface area contributed by atoms with Crippen molar-refractivity contribution in [3.63, 3.8) is 0 Å². The second-order valence-electron chi connectivity index (χ2n) is 6.31. The van der Waals surface area contributed by atoms with Crippen LogP contribution in [0.2, 0.25) is 5.02 Å². The molecule has 1 aromatic heterocycles. The van der Waals surface area contributed by atoms with Gasteiger partial charge in [-0.2, -0.15) is 0 Å². The van der Waals surface area contributed by atoms with E-state index in [-0.39, 0.29) is 11.6 Å². The van der Waals surface area contributed by atoms with E-state index in [0.29, 0.717) is 23.9 Å². The number of benzene rings is 1. The lowest BCUT2D eigenvalue weighted by atomic mass is 10.0. The minimum atomic E-state index is -0.418. The summed E-state index contributed by atoms with van der Waals surface area (Å²) in [5, 5.41) is 11.5. The fourth-order valence-corrected chi connectivity index (χ4v) is 3.41. The van der Waals surface area contributed by atoms with E-state index in [1.165, 1.54) is 0 Å². The molecule has 2 aliphatic heterocycles. The van der Waals surface area contributed by atoms with Gasteiger partial charge in [-0.15, -0.1) is 10.2 Å². The number of rotatable bonds is 3. The number of para-hydroxylation sites is 1. The molecule has 0 unspecified atom stereocenters. The second kappa shape index (κ2) is 7.19. The van der Waals surface area contributed by atoms with Crippen LogP contribution in [0, 0.1) is 0 Å². The summed E-state index contributed by atoms with van der Waals surface area (Å²) in [6.45, 7) is 2.88. The molecule has 1 spiro atoms. The van der Waals surface area contributed by atoms with Gasteiger partial charge in [-0.05, 0) is 24.3 Å². The molecule has 2 fully saturated rings. The molecule has 136 valence electrons. The van der Waals surface area contributed by atoms with Crippen LogP contribution in [0.1, 0.15) is 23.3 Å². The Morgan fingerprint density at radius 3 is 2.46 bits per heavy atom. The maximum atomic E-state index is 12.3. The molecule has 0 saturated carbocycles. The number of nitrogens with zero attached hydrogens (tertiary/aromatic N) is 3. The lowest BCUT2D eigenvalue weighted by molar-refractivity contribution is -0.169. The van der Waals surface area contributed by atoms with Crippen LogP contribution in [0.25, 0.3) is 0 Å². The Balaban J connectivity index is 1.39. The highest BCUT2D eigenvalue weighted by Crippen LogP contribution is 2.32. The fourth-order valence-electron chi connectivity index (χ4n) is 3.23. The molecule has 3 heterocycles. The van der Waals surface area contributed by atoms with E-state index in [9.17, 15) is 4.79 Å². The number of ether oxygens (including phenoxy) is 2. The molecule has 26 heavy (non-hydrogen) atoms. The smallest absolute Gasteiger partial charge is 0.276 e. The zero-order chi connectivity index (χ0) is 18.0. The van der Waals surface area contributed by atoms with Crippen LogP contribution in [0.15, 0.2) is 36.4 Å². The highest BCUT2D eigenvalue weighted by molar-refractivity contribution is 6.33. The monoisotopic (exact) mass is 374 g/mol. The van der Waals surface area contributed by atoms with E-state index in [1.54, 1.807) is 30.3 Å². The topological polar surface area (TPSA) is 76.6 Å². The average Bonchev–Trinajstić information content (AvgIpc) is 3.12. The number of carbonyl (C=O) groups excluding carboxylic acids is 1. The first-order valence-electron chi connectivity index (χ1n) is 8.58. The summed E-state index contributed by atoms with van der Waals surface area (Å²) >= 11 is 6.06. The van der Waals surface area contributed by atoms with Gasteiger partial charge in [0.15, 0.2) is 17.3 Å². The number of hydrogen-bond acceptors (Lipinski definition) is 6. The van der Waals surface area contributed by atoms with Crippen LogP contribution in [0.3, 0.4) is 0 Å². The average molecular weight is 375 g/mol. The van der Waals surface area contributed by atoms with Crippen LogP contribution >= 0.6 is 11.6 Å². The molecule has 2 aliphatic rings. The van der Waals surface area contributed by atoms with Crippen LogP contribution < -0.4 is 10.2 Å². The first kappa shape index (κ1) is 17.2. The Bertz CT molecular complexity index is 783. The standard InChI is InChI=1S/C18H19ClN4O3/c19-13-3-1-2-4-14(13)20-17(24)15-5-6-16(22-21-15)23-9-7-18(8-10-23)25-11-12-26-18/h1-6H,7-12H2,(H,20,24). The molecule has 7 nitrogen and oxygen atoms in total. The Labute approximate surface area is 156 Å². The molecule has 1 N–H and O–H groups in total. The molecule has 0 atom stereocenters. The van der Waals surface area contributed by atoms with Gasteiger partial charge in [-0.25, -0.2) is 0 Å². The van der Waals surface area contributed by atoms with Crippen molar-refractivity contribution in [2.75, 3.05) is 36.5 Å². The Morgan fingerprint density at radius 2 is 1.81 bits per heavy atom. The Hall–Kier alpha value is -2.22. The third-order valence-corrected chi connectivity index (χ3v) is 5.00. The number of anilines is 2. The first-order valence-corrected chi connectivity index (χ1v) is 8.96. The maximum Gasteiger partial charge on any atom is 0.276 e. The van der Waals surface area contributed by atoms with Crippen molar-refractivity contribution in [3.05, 3.63) is 47.1 Å². The van der Waals surface area contributed by atoms with Crippen LogP contribution in [-0.4, -0.2) is 48.2 Å². The number of aromatic nitrogens is 2. The molecule has 8 heteroatoms. The number of halogens is 1. The van der Waals surface area contributed by atoms with Gasteiger partial charge in [0.05, 0.1) is 23.9 Å². The summed E-state index contributed by atoms with van der Waals surface area (Å²) in [7, 11) is 0. The van der Waals surface area contributed by atoms with Crippen LogP contribution in [0.5, 0.6) is 0 Å². The van der Waals surface area contributed by atoms with Gasteiger partial charge in [0.1, 0.15) is 0 Å². The number of carbonyl (C=O) groups is 1. The highest BCUT2D eigenvalue weighted by atomic mass is 35.5. The summed E-state index contributed by atoms with van der Waals surface area (Å²) < 4.78 is 11.5. The fraction of sp³-hybridized carbons (Fsp3) is 0.389. The molecule has 2 saturated heterocycles. The van der Waals surface area contributed by atoms with Crippen molar-refractivity contribution >= 4 is 29.0 Å². The molecular weight excluding hydrogens is 356 g/mol. The van der Waals surface area contributed by atoms with Crippen molar-refractivity contribution in [1.82, 2.24) is 10.2 Å². The number of amides is 1. The van der Waals surface area contributed by atoms with Gasteiger partial charge in [-0.1, -0.05) is 23.7 Å². The molecule has 1 amide bonds. The van der Waals surface area contributed by atoms with Gasteiger partial charge in [0, 0.05) is 25.9 Å². The van der Waals surface area contributed by atoms with Gasteiger partial charge < -0.3 is 19.7 Å². The van der Waals surface area contributed by atoms with Gasteiger partial charge in [0.25, 0.3) is 5.91 Å². The van der Waals surface area contributed by atoms with E-state index in [0.717, 1.165) is 31.7 Å². The van der Waals surface area contributed by atoms with E-state index in [1.807, 2.05) is 6.07 Å². The number of piperidine rings is 1. The molecule has 0 radical (unpaired) electrons. The largest absolute Gasteiger partial charge is 0.355 e. The Morgan fingerprint density at radius 1 is 1.08 bits per heavy atom.